The third-order valence-electron chi connectivity index (χ3n) is 7.23. The van der Waals surface area contributed by atoms with Crippen molar-refractivity contribution in [1.29, 1.82) is 0 Å². The molecule has 0 unspecified atom stereocenters. The number of amides is 8. The second kappa shape index (κ2) is 18.4. The molecule has 45 heavy (non-hydrogen) atoms. The van der Waals surface area contributed by atoms with Crippen LogP contribution in [0.15, 0.2) is 0 Å². The maximum atomic E-state index is 13.5. The van der Waals surface area contributed by atoms with Gasteiger partial charge < -0.3 is 37.8 Å². The number of nitrogens with one attached hydrogen (secondary N) is 4. The molecule has 2 aliphatic rings. The Morgan fingerprint density at radius 3 is 2.42 bits per heavy atom. The molecule has 0 aromatic carbocycles. The lowest BCUT2D eigenvalue weighted by Gasteiger charge is -2.30. The molecule has 0 bridgehead atoms. The molecule has 0 spiro atoms. The zero-order valence-electron chi connectivity index (χ0n) is 24.9. The molecule has 2 aliphatic heterocycles. The minimum absolute atomic E-state index is 0.00745. The van der Waals surface area contributed by atoms with Crippen LogP contribution in [0.5, 0.6) is 0 Å². The fraction of sp³-hybridized carbons (Fsp3) is 0.692. The van der Waals surface area contributed by atoms with Gasteiger partial charge in [-0.25, -0.2) is 14.0 Å². The number of fused-ring (bicyclic) bond motifs is 1. The van der Waals surface area contributed by atoms with Crippen molar-refractivity contribution in [3.8, 4) is 0 Å². The quantitative estimate of drug-likeness (QED) is 0.0452. The molecule has 2 fully saturated rings. The Morgan fingerprint density at radius 2 is 1.80 bits per heavy atom. The fourth-order valence-corrected chi connectivity index (χ4v) is 6.62. The largest absolute Gasteiger partial charge is 0.480 e. The number of carboxylic acids is 1. The van der Waals surface area contributed by atoms with Gasteiger partial charge in [0.15, 0.2) is 0 Å². The van der Waals surface area contributed by atoms with Crippen LogP contribution in [0, 0.1) is 0 Å². The van der Waals surface area contributed by atoms with Crippen LogP contribution in [0.4, 0.5) is 4.79 Å². The predicted octanol–water partition coefficient (Wildman–Crippen LogP) is -1.87. The minimum atomic E-state index is -1.62. The van der Waals surface area contributed by atoms with Crippen molar-refractivity contribution in [2.24, 2.45) is 11.5 Å². The number of thioether (sulfide) groups is 1. The van der Waals surface area contributed by atoms with Gasteiger partial charge in [-0.2, -0.15) is 11.8 Å². The second-order valence-corrected chi connectivity index (χ2v) is 12.4. The molecule has 0 aromatic heterocycles. The summed E-state index contributed by atoms with van der Waals surface area (Å²) in [6.45, 7) is -0.0444. The third-order valence-corrected chi connectivity index (χ3v) is 9.09. The van der Waals surface area contributed by atoms with Crippen molar-refractivity contribution < 1.29 is 43.5 Å². The van der Waals surface area contributed by atoms with E-state index in [-0.39, 0.29) is 42.8 Å². The van der Waals surface area contributed by atoms with Gasteiger partial charge in [0.05, 0.1) is 25.0 Å². The number of carbonyl (C=O) groups excluding carboxylic acids is 7. The van der Waals surface area contributed by atoms with Crippen LogP contribution in [-0.4, -0.2) is 117 Å². The molecular formula is C26H41ClN8O9S. The van der Waals surface area contributed by atoms with Crippen molar-refractivity contribution in [2.75, 3.05) is 25.4 Å². The van der Waals surface area contributed by atoms with Crippen molar-refractivity contribution in [2.45, 2.75) is 87.7 Å². The number of aliphatic carboxylic acids is 1. The van der Waals surface area contributed by atoms with Gasteiger partial charge in [0.1, 0.15) is 18.6 Å². The highest BCUT2D eigenvalue weighted by atomic mass is 35.5. The SMILES string of the molecule is CC(=O)N(Cl)CC(=O)N(C(=O)CCCC[C@@H]1SC[C@@H]2NC(=O)N[C@@H]21)[C@@H](CCCCN)C(=O)NCC(=O)N[C@@H](CC(N)=O)C(=O)O. The molecule has 19 heteroatoms. The van der Waals surface area contributed by atoms with E-state index in [0.717, 1.165) is 17.6 Å². The van der Waals surface area contributed by atoms with E-state index in [1.165, 1.54) is 0 Å². The molecule has 0 saturated carbocycles. The first kappa shape index (κ1) is 37.5. The lowest BCUT2D eigenvalue weighted by molar-refractivity contribution is -0.153. The summed E-state index contributed by atoms with van der Waals surface area (Å²) in [4.78, 5) is 99.0. The summed E-state index contributed by atoms with van der Waals surface area (Å²) in [6.07, 6.45) is 1.65. The summed E-state index contributed by atoms with van der Waals surface area (Å²) < 4.78 is 0.577. The van der Waals surface area contributed by atoms with Crippen LogP contribution >= 0.6 is 23.5 Å². The van der Waals surface area contributed by atoms with E-state index >= 15 is 0 Å². The molecule has 0 aromatic rings. The van der Waals surface area contributed by atoms with Gasteiger partial charge in [-0.1, -0.05) is 6.42 Å². The van der Waals surface area contributed by atoms with Crippen molar-refractivity contribution in [3.63, 3.8) is 0 Å². The molecule has 0 aliphatic carbocycles. The zero-order valence-corrected chi connectivity index (χ0v) is 26.5. The standard InChI is InChI=1S/C26H41ClN8O9S/c1-14(36)34(27)12-22(40)35(21(39)8-3-2-7-18-23-16(13-45-18)32-26(44)33-23)17(6-4-5-9-28)24(41)30-11-20(38)31-15(25(42)43)10-19(29)37/h15-18,23H,2-13,28H2,1H3,(H2,29,37)(H,30,41)(H,31,38)(H,42,43)(H2,32,33,44)/t15-,16-,17-,18-,23-/m0/s1. The van der Waals surface area contributed by atoms with Crippen molar-refractivity contribution >= 4 is 71.0 Å². The Bertz CT molecular complexity index is 1150. The number of imide groups is 1. The van der Waals surface area contributed by atoms with Gasteiger partial charge in [0.2, 0.25) is 29.5 Å². The van der Waals surface area contributed by atoms with Gasteiger partial charge in [0, 0.05) is 36.1 Å². The number of hydrogen-bond acceptors (Lipinski definition) is 10. The van der Waals surface area contributed by atoms with Gasteiger partial charge in [0.25, 0.3) is 5.91 Å². The van der Waals surface area contributed by atoms with Crippen LogP contribution < -0.4 is 32.7 Å². The second-order valence-electron chi connectivity index (χ2n) is 10.7. The van der Waals surface area contributed by atoms with E-state index in [1.54, 1.807) is 11.8 Å². The molecule has 5 atom stereocenters. The number of halogens is 1. The summed E-state index contributed by atoms with van der Waals surface area (Å²) in [6, 6.07) is -3.18. The van der Waals surface area contributed by atoms with Crippen LogP contribution in [0.25, 0.3) is 0 Å². The molecule has 2 heterocycles. The monoisotopic (exact) mass is 676 g/mol. The van der Waals surface area contributed by atoms with Crippen LogP contribution in [0.3, 0.4) is 0 Å². The number of hydrogen-bond donors (Lipinski definition) is 7. The predicted molar refractivity (Wildman–Crippen MR) is 162 cm³/mol. The molecule has 2 rings (SSSR count). The summed E-state index contributed by atoms with van der Waals surface area (Å²) in [7, 11) is 0. The molecule has 252 valence electrons. The third kappa shape index (κ3) is 12.0. The number of rotatable bonds is 19. The molecule has 2 saturated heterocycles. The highest BCUT2D eigenvalue weighted by Crippen LogP contribution is 2.33. The average molecular weight is 677 g/mol. The number of primary amides is 1. The number of carbonyl (C=O) groups is 8. The van der Waals surface area contributed by atoms with Crippen LogP contribution in [0.2, 0.25) is 0 Å². The van der Waals surface area contributed by atoms with E-state index < -0.39 is 73.0 Å². The number of urea groups is 1. The fourth-order valence-electron chi connectivity index (χ4n) is 4.97. The molecule has 17 nitrogen and oxygen atoms in total. The first-order chi connectivity index (χ1) is 21.2. The maximum absolute atomic E-state index is 13.5. The number of unbranched alkanes of at least 4 members (excludes halogenated alkanes) is 2. The number of carboxylic acid groups (broad SMARTS) is 1. The summed E-state index contributed by atoms with van der Waals surface area (Å²) >= 11 is 7.60. The minimum Gasteiger partial charge on any atom is -0.480 e. The molecule has 0 radical (unpaired) electrons. The van der Waals surface area contributed by atoms with E-state index in [4.69, 9.17) is 23.2 Å². The summed E-state index contributed by atoms with van der Waals surface area (Å²) in [5, 5.41) is 19.5. The highest BCUT2D eigenvalue weighted by molar-refractivity contribution is 8.00. The topological polar surface area (TPSA) is 263 Å². The van der Waals surface area contributed by atoms with E-state index in [1.807, 2.05) is 0 Å². The Labute approximate surface area is 269 Å². The van der Waals surface area contributed by atoms with Gasteiger partial charge >= 0.3 is 12.0 Å². The first-order valence-electron chi connectivity index (χ1n) is 14.5. The normalized spacial score (nSPS) is 19.7. The Kier molecular flexibility index (Phi) is 15.3. The average Bonchev–Trinajstić information content (AvgIpc) is 3.51. The van der Waals surface area contributed by atoms with E-state index in [0.29, 0.717) is 36.5 Å². The summed E-state index contributed by atoms with van der Waals surface area (Å²) in [5.74, 6) is -5.80. The van der Waals surface area contributed by atoms with Gasteiger partial charge in [-0.3, -0.25) is 33.7 Å². The van der Waals surface area contributed by atoms with E-state index in [9.17, 15) is 43.5 Å². The smallest absolute Gasteiger partial charge is 0.326 e. The molecular weight excluding hydrogens is 636 g/mol. The van der Waals surface area contributed by atoms with E-state index in [2.05, 4.69) is 21.3 Å². The van der Waals surface area contributed by atoms with Crippen molar-refractivity contribution in [3.05, 3.63) is 0 Å². The Balaban J connectivity index is 2.13. The first-order valence-corrected chi connectivity index (χ1v) is 15.9. The molecule has 8 amide bonds. The van der Waals surface area contributed by atoms with Gasteiger partial charge in [-0.15, -0.1) is 0 Å². The highest BCUT2D eigenvalue weighted by Gasteiger charge is 2.42. The van der Waals surface area contributed by atoms with Crippen molar-refractivity contribution in [1.82, 2.24) is 30.6 Å². The van der Waals surface area contributed by atoms with Gasteiger partial charge in [-0.05, 0) is 38.6 Å². The zero-order chi connectivity index (χ0) is 33.7. The number of nitrogens with zero attached hydrogens (tertiary/aromatic N) is 2. The Morgan fingerprint density at radius 1 is 1.09 bits per heavy atom. The lowest BCUT2D eigenvalue weighted by Crippen LogP contribution is -2.55. The number of nitrogens with two attached hydrogens (primary N) is 2. The van der Waals surface area contributed by atoms with Crippen LogP contribution in [-0.2, 0) is 33.6 Å². The maximum Gasteiger partial charge on any atom is 0.326 e. The molecule has 9 N–H and O–H groups in total. The Hall–Kier alpha value is -3.64. The summed E-state index contributed by atoms with van der Waals surface area (Å²) in [5.41, 5.74) is 10.6. The lowest BCUT2D eigenvalue weighted by atomic mass is 10.0. The van der Waals surface area contributed by atoms with Crippen LogP contribution in [0.1, 0.15) is 58.3 Å².